The number of aryl methyl sites for hydroxylation is 1. The third kappa shape index (κ3) is 4.31. The van der Waals surface area contributed by atoms with Crippen molar-refractivity contribution < 1.29 is 9.59 Å². The first-order chi connectivity index (χ1) is 14.0. The van der Waals surface area contributed by atoms with Crippen LogP contribution in [0.5, 0.6) is 0 Å². The first-order valence-electron chi connectivity index (χ1n) is 9.29. The smallest absolute Gasteiger partial charge is 0.286 e. The molecule has 1 saturated heterocycles. The number of aromatic nitrogens is 2. The van der Waals surface area contributed by atoms with E-state index in [1.807, 2.05) is 31.2 Å². The number of carbonyl (C=O) groups excluding carboxylic acids is 2. The topological polar surface area (TPSA) is 75.2 Å². The van der Waals surface area contributed by atoms with E-state index in [9.17, 15) is 9.59 Å². The van der Waals surface area contributed by atoms with Crippen molar-refractivity contribution in [3.63, 3.8) is 0 Å². The molecule has 1 aliphatic rings. The van der Waals surface area contributed by atoms with Gasteiger partial charge in [-0.2, -0.15) is 0 Å². The molecule has 1 atom stereocenters. The Balaban J connectivity index is 1.49. The molecule has 3 aromatic rings. The molecular weight excluding hydrogens is 408 g/mol. The van der Waals surface area contributed by atoms with Crippen molar-refractivity contribution in [3.05, 3.63) is 74.7 Å². The average molecular weight is 427 g/mol. The largest absolute Gasteiger partial charge is 0.329 e. The van der Waals surface area contributed by atoms with Crippen LogP contribution in [-0.4, -0.2) is 33.5 Å². The second-order valence-electron chi connectivity index (χ2n) is 6.93. The van der Waals surface area contributed by atoms with E-state index in [4.69, 9.17) is 11.6 Å². The van der Waals surface area contributed by atoms with Crippen molar-refractivity contribution in [1.82, 2.24) is 15.1 Å². The Morgan fingerprint density at radius 1 is 1.10 bits per heavy atom. The van der Waals surface area contributed by atoms with E-state index in [-0.39, 0.29) is 22.9 Å². The Labute approximate surface area is 177 Å². The molecule has 4 rings (SSSR count). The van der Waals surface area contributed by atoms with E-state index in [2.05, 4.69) is 15.5 Å². The summed E-state index contributed by atoms with van der Waals surface area (Å²) in [6.45, 7) is 2.64. The standard InChI is InChI=1S/C21H19ClN4O2S/c1-13-4-10-16(11-5-13)23-18(27)20-25-24-19(29-20)17-3-2-12-26(17)21(28)14-6-8-15(22)9-7-14/h4-11,17H,2-3,12H2,1H3,(H,23,27)/t17-/m1/s1. The van der Waals surface area contributed by atoms with E-state index < -0.39 is 0 Å². The molecule has 0 spiro atoms. The molecule has 0 aliphatic carbocycles. The Hall–Kier alpha value is -2.77. The lowest BCUT2D eigenvalue weighted by Gasteiger charge is -2.22. The molecule has 29 heavy (non-hydrogen) atoms. The van der Waals surface area contributed by atoms with Crippen LogP contribution in [0.4, 0.5) is 5.69 Å². The van der Waals surface area contributed by atoms with Gasteiger partial charge < -0.3 is 10.2 Å². The van der Waals surface area contributed by atoms with Gasteiger partial charge in [-0.25, -0.2) is 0 Å². The zero-order valence-electron chi connectivity index (χ0n) is 15.8. The van der Waals surface area contributed by atoms with Crippen molar-refractivity contribution in [2.75, 3.05) is 11.9 Å². The Kier molecular flexibility index (Phi) is 5.60. The highest BCUT2D eigenvalue weighted by Gasteiger charge is 2.33. The Morgan fingerprint density at radius 2 is 1.83 bits per heavy atom. The number of benzene rings is 2. The number of nitrogens with one attached hydrogen (secondary N) is 1. The molecule has 148 valence electrons. The molecule has 8 heteroatoms. The fraction of sp³-hybridized carbons (Fsp3) is 0.238. The summed E-state index contributed by atoms with van der Waals surface area (Å²) in [5.41, 5.74) is 2.41. The third-order valence-corrected chi connectivity index (χ3v) is 6.11. The molecule has 6 nitrogen and oxygen atoms in total. The van der Waals surface area contributed by atoms with Gasteiger partial charge in [0.05, 0.1) is 6.04 Å². The van der Waals surface area contributed by atoms with Gasteiger partial charge in [0.2, 0.25) is 5.01 Å². The van der Waals surface area contributed by atoms with Gasteiger partial charge in [0.15, 0.2) is 0 Å². The van der Waals surface area contributed by atoms with Crippen LogP contribution in [0.3, 0.4) is 0 Å². The van der Waals surface area contributed by atoms with Crippen molar-refractivity contribution in [3.8, 4) is 0 Å². The Bertz CT molecular complexity index is 1030. The van der Waals surface area contributed by atoms with Crippen LogP contribution < -0.4 is 5.32 Å². The number of hydrogen-bond donors (Lipinski definition) is 1. The van der Waals surface area contributed by atoms with Crippen molar-refractivity contribution in [2.45, 2.75) is 25.8 Å². The lowest BCUT2D eigenvalue weighted by molar-refractivity contribution is 0.0735. The number of hydrogen-bond acceptors (Lipinski definition) is 5. The molecular formula is C21H19ClN4O2S. The highest BCUT2D eigenvalue weighted by Crippen LogP contribution is 2.35. The van der Waals surface area contributed by atoms with Crippen LogP contribution in [0.2, 0.25) is 5.02 Å². The van der Waals surface area contributed by atoms with Crippen LogP contribution in [0.1, 0.15) is 49.6 Å². The highest BCUT2D eigenvalue weighted by molar-refractivity contribution is 7.13. The highest BCUT2D eigenvalue weighted by atomic mass is 35.5. The summed E-state index contributed by atoms with van der Waals surface area (Å²) < 4.78 is 0. The van der Waals surface area contributed by atoms with Crippen molar-refractivity contribution in [1.29, 1.82) is 0 Å². The van der Waals surface area contributed by atoms with E-state index in [0.717, 1.165) is 18.4 Å². The maximum Gasteiger partial charge on any atom is 0.286 e. The maximum absolute atomic E-state index is 12.9. The minimum atomic E-state index is -0.300. The second-order valence-corrected chi connectivity index (χ2v) is 8.37. The summed E-state index contributed by atoms with van der Waals surface area (Å²) in [7, 11) is 0. The molecule has 0 bridgehead atoms. The van der Waals surface area contributed by atoms with Gasteiger partial charge in [0.25, 0.3) is 11.8 Å². The number of amides is 2. The lowest BCUT2D eigenvalue weighted by atomic mass is 10.1. The minimum absolute atomic E-state index is 0.0648. The van der Waals surface area contributed by atoms with Gasteiger partial charge in [-0.15, -0.1) is 10.2 Å². The molecule has 0 unspecified atom stereocenters. The SMILES string of the molecule is Cc1ccc(NC(=O)c2nnc([C@H]3CCCN3C(=O)c3ccc(Cl)cc3)s2)cc1. The van der Waals surface area contributed by atoms with Crippen molar-refractivity contribution in [2.24, 2.45) is 0 Å². The zero-order valence-corrected chi connectivity index (χ0v) is 17.3. The van der Waals surface area contributed by atoms with Gasteiger partial charge in [0.1, 0.15) is 5.01 Å². The monoisotopic (exact) mass is 426 g/mol. The molecule has 2 aromatic carbocycles. The van der Waals surface area contributed by atoms with E-state index in [0.29, 0.717) is 27.8 Å². The van der Waals surface area contributed by atoms with E-state index in [1.165, 1.54) is 11.3 Å². The average Bonchev–Trinajstić information content (AvgIpc) is 3.39. The molecule has 2 heterocycles. The van der Waals surface area contributed by atoms with Crippen LogP contribution in [0.25, 0.3) is 0 Å². The fourth-order valence-electron chi connectivity index (χ4n) is 3.31. The normalized spacial score (nSPS) is 16.1. The number of likely N-dealkylation sites (tertiary alicyclic amines) is 1. The maximum atomic E-state index is 12.9. The zero-order chi connectivity index (χ0) is 20.4. The summed E-state index contributed by atoms with van der Waals surface area (Å²) in [6, 6.07) is 14.2. The quantitative estimate of drug-likeness (QED) is 0.654. The summed E-state index contributed by atoms with van der Waals surface area (Å²) in [6.07, 6.45) is 1.68. The number of carbonyl (C=O) groups is 2. The lowest BCUT2D eigenvalue weighted by Crippen LogP contribution is -2.30. The molecule has 0 saturated carbocycles. The van der Waals surface area contributed by atoms with E-state index in [1.54, 1.807) is 29.2 Å². The summed E-state index contributed by atoms with van der Waals surface area (Å²) in [4.78, 5) is 27.2. The van der Waals surface area contributed by atoms with Gasteiger partial charge in [-0.1, -0.05) is 40.6 Å². The predicted molar refractivity (Wildman–Crippen MR) is 114 cm³/mol. The predicted octanol–water partition coefficient (Wildman–Crippen LogP) is 4.73. The number of nitrogens with zero attached hydrogens (tertiary/aromatic N) is 3. The second kappa shape index (κ2) is 8.31. The first-order valence-corrected chi connectivity index (χ1v) is 10.5. The summed E-state index contributed by atoms with van der Waals surface area (Å²) >= 11 is 7.15. The molecule has 1 aromatic heterocycles. The van der Waals surface area contributed by atoms with Crippen LogP contribution in [0, 0.1) is 6.92 Å². The molecule has 2 amide bonds. The Morgan fingerprint density at radius 3 is 2.55 bits per heavy atom. The fourth-order valence-corrected chi connectivity index (χ4v) is 4.32. The summed E-state index contributed by atoms with van der Waals surface area (Å²) in [5, 5.41) is 12.6. The number of anilines is 1. The first kappa shape index (κ1) is 19.5. The molecule has 0 radical (unpaired) electrons. The number of halogens is 1. The molecule has 1 N–H and O–H groups in total. The van der Waals surface area contributed by atoms with Gasteiger partial charge in [-0.05, 0) is 56.2 Å². The van der Waals surface area contributed by atoms with Gasteiger partial charge in [0, 0.05) is 22.8 Å². The molecule has 1 fully saturated rings. The van der Waals surface area contributed by atoms with E-state index >= 15 is 0 Å². The number of rotatable bonds is 4. The third-order valence-electron chi connectivity index (χ3n) is 4.83. The van der Waals surface area contributed by atoms with Crippen molar-refractivity contribution >= 4 is 40.4 Å². The molecule has 1 aliphatic heterocycles. The van der Waals surface area contributed by atoms with Gasteiger partial charge in [-0.3, -0.25) is 9.59 Å². The summed E-state index contributed by atoms with van der Waals surface area (Å²) in [5.74, 6) is -0.365. The van der Waals surface area contributed by atoms with Crippen LogP contribution in [-0.2, 0) is 0 Å². The van der Waals surface area contributed by atoms with Crippen LogP contribution >= 0.6 is 22.9 Å². The minimum Gasteiger partial charge on any atom is -0.329 e. The van der Waals surface area contributed by atoms with Gasteiger partial charge >= 0.3 is 0 Å². The van der Waals surface area contributed by atoms with Crippen LogP contribution in [0.15, 0.2) is 48.5 Å².